The maximum Gasteiger partial charge on any atom is 0.335 e. The van der Waals surface area contributed by atoms with Crippen molar-refractivity contribution >= 4 is 31.7 Å². The van der Waals surface area contributed by atoms with Crippen molar-refractivity contribution in [3.63, 3.8) is 0 Å². The molecule has 1 N–H and O–H groups in total. The lowest BCUT2D eigenvalue weighted by Gasteiger charge is -2.07. The van der Waals surface area contributed by atoms with E-state index in [0.29, 0.717) is 4.47 Å². The van der Waals surface area contributed by atoms with Crippen LogP contribution in [0.2, 0.25) is 0 Å². The van der Waals surface area contributed by atoms with Gasteiger partial charge in [0.25, 0.3) is 0 Å². The van der Waals surface area contributed by atoms with Gasteiger partial charge in [-0.3, -0.25) is 0 Å². The van der Waals surface area contributed by atoms with Gasteiger partial charge in [-0.2, -0.15) is 0 Å². The largest absolute Gasteiger partial charge is 0.478 e. The lowest BCUT2D eigenvalue weighted by molar-refractivity contribution is 0.0696. The number of halogens is 2. The van der Waals surface area contributed by atoms with Crippen LogP contribution in [-0.4, -0.2) is 19.5 Å². The zero-order chi connectivity index (χ0) is 15.6. The van der Waals surface area contributed by atoms with E-state index in [9.17, 15) is 17.6 Å². The van der Waals surface area contributed by atoms with E-state index in [1.165, 1.54) is 12.1 Å². The minimum Gasteiger partial charge on any atom is -0.478 e. The SMILES string of the molecule is O=C(O)c1ccc(F)c(CS(=O)(=O)c2cccc(Br)c2)c1. The Morgan fingerprint density at radius 3 is 2.52 bits per heavy atom. The second kappa shape index (κ2) is 5.95. The highest BCUT2D eigenvalue weighted by molar-refractivity contribution is 9.10. The van der Waals surface area contributed by atoms with Crippen LogP contribution in [0.1, 0.15) is 15.9 Å². The summed E-state index contributed by atoms with van der Waals surface area (Å²) in [5.74, 6) is -2.59. The van der Waals surface area contributed by atoms with E-state index in [1.807, 2.05) is 0 Å². The average Bonchev–Trinajstić information content (AvgIpc) is 2.41. The van der Waals surface area contributed by atoms with Crippen molar-refractivity contribution in [1.29, 1.82) is 0 Å². The molecule has 0 spiro atoms. The Labute approximate surface area is 129 Å². The van der Waals surface area contributed by atoms with Crippen LogP contribution >= 0.6 is 15.9 Å². The molecule has 2 aromatic carbocycles. The highest BCUT2D eigenvalue weighted by Crippen LogP contribution is 2.22. The molecule has 0 saturated carbocycles. The summed E-state index contributed by atoms with van der Waals surface area (Å²) in [6.45, 7) is 0. The summed E-state index contributed by atoms with van der Waals surface area (Å²) < 4.78 is 38.8. The lowest BCUT2D eigenvalue weighted by atomic mass is 10.1. The first kappa shape index (κ1) is 15.7. The van der Waals surface area contributed by atoms with Crippen LogP contribution < -0.4 is 0 Å². The summed E-state index contributed by atoms with van der Waals surface area (Å²) in [7, 11) is -3.76. The van der Waals surface area contributed by atoms with E-state index in [-0.39, 0.29) is 16.0 Å². The van der Waals surface area contributed by atoms with Crippen LogP contribution in [0, 0.1) is 5.82 Å². The van der Waals surface area contributed by atoms with Gasteiger partial charge in [0, 0.05) is 10.0 Å². The third kappa shape index (κ3) is 3.68. The van der Waals surface area contributed by atoms with Gasteiger partial charge in [0.15, 0.2) is 9.84 Å². The van der Waals surface area contributed by atoms with Crippen LogP contribution in [0.5, 0.6) is 0 Å². The first-order valence-electron chi connectivity index (χ1n) is 5.79. The molecule has 110 valence electrons. The van der Waals surface area contributed by atoms with Gasteiger partial charge >= 0.3 is 5.97 Å². The van der Waals surface area contributed by atoms with Gasteiger partial charge in [-0.05, 0) is 36.4 Å². The van der Waals surface area contributed by atoms with Crippen molar-refractivity contribution in [3.05, 3.63) is 63.9 Å². The molecule has 7 heteroatoms. The molecule has 0 unspecified atom stereocenters. The third-order valence-corrected chi connectivity index (χ3v) is 4.95. The standard InChI is InChI=1S/C14H10BrFO4S/c15-11-2-1-3-12(7-11)21(19,20)8-10-6-9(14(17)18)4-5-13(10)16/h1-7H,8H2,(H,17,18). The van der Waals surface area contributed by atoms with E-state index in [0.717, 1.165) is 18.2 Å². The zero-order valence-electron chi connectivity index (χ0n) is 10.6. The number of sulfone groups is 1. The smallest absolute Gasteiger partial charge is 0.335 e. The third-order valence-electron chi connectivity index (χ3n) is 2.79. The summed E-state index contributed by atoms with van der Waals surface area (Å²) in [5, 5.41) is 8.87. The summed E-state index contributed by atoms with van der Waals surface area (Å²) >= 11 is 3.17. The first-order valence-corrected chi connectivity index (χ1v) is 8.24. The Bertz CT molecular complexity index is 802. The fourth-order valence-corrected chi connectivity index (χ4v) is 3.71. The van der Waals surface area contributed by atoms with E-state index in [2.05, 4.69) is 15.9 Å². The second-order valence-electron chi connectivity index (χ2n) is 4.33. The predicted molar refractivity (Wildman–Crippen MR) is 78.4 cm³/mol. The minimum absolute atomic E-state index is 0.0389. The van der Waals surface area contributed by atoms with Gasteiger partial charge < -0.3 is 5.11 Å². The van der Waals surface area contributed by atoms with Crippen LogP contribution in [0.25, 0.3) is 0 Å². The summed E-state index contributed by atoms with van der Waals surface area (Å²) in [6.07, 6.45) is 0. The van der Waals surface area contributed by atoms with Gasteiger partial charge in [-0.15, -0.1) is 0 Å². The first-order chi connectivity index (χ1) is 9.79. The van der Waals surface area contributed by atoms with Gasteiger partial charge in [0.05, 0.1) is 16.2 Å². The predicted octanol–water partition coefficient (Wildman–Crippen LogP) is 3.26. The number of aromatic carboxylic acids is 1. The molecule has 0 aliphatic rings. The van der Waals surface area contributed by atoms with Gasteiger partial charge in [0.1, 0.15) is 5.82 Å². The highest BCUT2D eigenvalue weighted by atomic mass is 79.9. The fraction of sp³-hybridized carbons (Fsp3) is 0.0714. The van der Waals surface area contributed by atoms with Crippen molar-refractivity contribution in [3.8, 4) is 0 Å². The molecule has 0 aliphatic carbocycles. The van der Waals surface area contributed by atoms with Gasteiger partial charge in [0.2, 0.25) is 0 Å². The quantitative estimate of drug-likeness (QED) is 0.893. The van der Waals surface area contributed by atoms with Gasteiger partial charge in [-0.25, -0.2) is 17.6 Å². The van der Waals surface area contributed by atoms with Crippen molar-refractivity contribution < 1.29 is 22.7 Å². The Morgan fingerprint density at radius 2 is 1.90 bits per heavy atom. The van der Waals surface area contributed by atoms with E-state index in [1.54, 1.807) is 12.1 Å². The average molecular weight is 373 g/mol. The van der Waals surface area contributed by atoms with Crippen LogP contribution in [-0.2, 0) is 15.6 Å². The topological polar surface area (TPSA) is 71.4 Å². The Morgan fingerprint density at radius 1 is 1.19 bits per heavy atom. The number of benzene rings is 2. The number of hydrogen-bond donors (Lipinski definition) is 1. The van der Waals surface area contributed by atoms with Crippen LogP contribution in [0.3, 0.4) is 0 Å². The molecule has 2 rings (SSSR count). The number of carboxylic acids is 1. The van der Waals surface area contributed by atoms with Crippen LogP contribution in [0.4, 0.5) is 4.39 Å². The zero-order valence-corrected chi connectivity index (χ0v) is 13.0. The lowest BCUT2D eigenvalue weighted by Crippen LogP contribution is -2.08. The molecule has 21 heavy (non-hydrogen) atoms. The fourth-order valence-electron chi connectivity index (χ4n) is 1.77. The number of carboxylic acid groups (broad SMARTS) is 1. The number of carbonyl (C=O) groups is 1. The summed E-state index contributed by atoms with van der Waals surface area (Å²) in [6, 6.07) is 9.12. The number of rotatable bonds is 4. The van der Waals surface area contributed by atoms with Crippen molar-refractivity contribution in [2.45, 2.75) is 10.6 Å². The molecule has 0 aliphatic heterocycles. The summed E-state index contributed by atoms with van der Waals surface area (Å²) in [5.41, 5.74) is -0.328. The Balaban J connectivity index is 2.41. The molecule has 0 fully saturated rings. The molecule has 0 atom stereocenters. The van der Waals surface area contributed by atoms with Crippen LogP contribution in [0.15, 0.2) is 51.8 Å². The molecule has 0 bridgehead atoms. The normalized spacial score (nSPS) is 11.3. The highest BCUT2D eigenvalue weighted by Gasteiger charge is 2.19. The summed E-state index contributed by atoms with van der Waals surface area (Å²) in [4.78, 5) is 10.9. The van der Waals surface area contributed by atoms with E-state index < -0.39 is 27.4 Å². The van der Waals surface area contributed by atoms with E-state index in [4.69, 9.17) is 5.11 Å². The molecule has 0 amide bonds. The molecule has 2 aromatic rings. The van der Waals surface area contributed by atoms with Crippen molar-refractivity contribution in [2.24, 2.45) is 0 Å². The maximum atomic E-state index is 13.7. The maximum absolute atomic E-state index is 13.7. The Kier molecular flexibility index (Phi) is 4.43. The Hall–Kier alpha value is -1.73. The molecule has 0 radical (unpaired) electrons. The second-order valence-corrected chi connectivity index (χ2v) is 7.23. The molecule has 4 nitrogen and oxygen atoms in total. The molecule has 0 heterocycles. The van der Waals surface area contributed by atoms with Crippen molar-refractivity contribution in [1.82, 2.24) is 0 Å². The molecule has 0 aromatic heterocycles. The van der Waals surface area contributed by atoms with Gasteiger partial charge in [-0.1, -0.05) is 22.0 Å². The number of hydrogen-bond acceptors (Lipinski definition) is 3. The van der Waals surface area contributed by atoms with Crippen molar-refractivity contribution in [2.75, 3.05) is 0 Å². The van der Waals surface area contributed by atoms with E-state index >= 15 is 0 Å². The monoisotopic (exact) mass is 372 g/mol. The molecular weight excluding hydrogens is 363 g/mol. The minimum atomic E-state index is -3.76. The molecule has 0 saturated heterocycles. The molecular formula is C14H10BrFO4S.